The summed E-state index contributed by atoms with van der Waals surface area (Å²) in [6.07, 6.45) is 1.54. The molecule has 0 amide bonds. The first-order valence-electron chi connectivity index (χ1n) is 7.17. The van der Waals surface area contributed by atoms with Gasteiger partial charge in [-0.15, -0.1) is 0 Å². The van der Waals surface area contributed by atoms with Crippen LogP contribution >= 0.6 is 7.92 Å². The van der Waals surface area contributed by atoms with Crippen LogP contribution in [0.15, 0.2) is 60.7 Å². The quantitative estimate of drug-likeness (QED) is 0.579. The molecule has 0 radical (unpaired) electrons. The lowest BCUT2D eigenvalue weighted by Gasteiger charge is -2.22. The van der Waals surface area contributed by atoms with Crippen LogP contribution < -0.4 is 10.6 Å². The third kappa shape index (κ3) is 4.49. The Morgan fingerprint density at radius 2 is 1.43 bits per heavy atom. The zero-order valence-corrected chi connectivity index (χ0v) is 13.4. The van der Waals surface area contributed by atoms with Crippen LogP contribution in [-0.2, 0) is 9.53 Å². The van der Waals surface area contributed by atoms with Gasteiger partial charge in [-0.2, -0.15) is 0 Å². The number of rotatable bonds is 7. The molecule has 2 rings (SSSR count). The van der Waals surface area contributed by atoms with Crippen LogP contribution in [0, 0.1) is 5.92 Å². The van der Waals surface area contributed by atoms with Gasteiger partial charge in [-0.3, -0.25) is 0 Å². The molecule has 2 nitrogen and oxygen atoms in total. The Labute approximate surface area is 127 Å². The summed E-state index contributed by atoms with van der Waals surface area (Å²) in [6.45, 7) is 3.85. The Morgan fingerprint density at radius 3 is 1.86 bits per heavy atom. The van der Waals surface area contributed by atoms with Gasteiger partial charge in [-0.05, 0) is 25.5 Å². The van der Waals surface area contributed by atoms with Crippen LogP contribution in [0.1, 0.15) is 13.8 Å². The smallest absolute Gasteiger partial charge is 0.125 e. The van der Waals surface area contributed by atoms with E-state index in [2.05, 4.69) is 48.5 Å². The number of ether oxygens (including phenoxy) is 1. The van der Waals surface area contributed by atoms with E-state index in [1.807, 2.05) is 26.0 Å². The van der Waals surface area contributed by atoms with Gasteiger partial charge >= 0.3 is 0 Å². The van der Waals surface area contributed by atoms with Gasteiger partial charge in [0.25, 0.3) is 0 Å². The van der Waals surface area contributed by atoms with Crippen molar-refractivity contribution in [1.29, 1.82) is 0 Å². The largest absolute Gasteiger partial charge is 0.373 e. The van der Waals surface area contributed by atoms with Crippen molar-refractivity contribution in [3.05, 3.63) is 60.7 Å². The lowest BCUT2D eigenvalue weighted by molar-refractivity contribution is -0.114. The summed E-state index contributed by atoms with van der Waals surface area (Å²) in [7, 11) is -0.551. The van der Waals surface area contributed by atoms with Crippen LogP contribution in [0.25, 0.3) is 0 Å². The summed E-state index contributed by atoms with van der Waals surface area (Å²) >= 11 is 0. The van der Waals surface area contributed by atoms with Gasteiger partial charge in [-0.1, -0.05) is 67.6 Å². The van der Waals surface area contributed by atoms with E-state index in [4.69, 9.17) is 4.74 Å². The summed E-state index contributed by atoms with van der Waals surface area (Å²) in [5.41, 5.74) is 0. The second kappa shape index (κ2) is 8.07. The highest BCUT2D eigenvalue weighted by Gasteiger charge is 2.17. The van der Waals surface area contributed by atoms with Crippen molar-refractivity contribution >= 4 is 24.8 Å². The van der Waals surface area contributed by atoms with Crippen LogP contribution in [-0.4, -0.2) is 18.7 Å². The molecule has 2 aromatic rings. The molecule has 2 aromatic carbocycles. The van der Waals surface area contributed by atoms with Crippen LogP contribution in [0.3, 0.4) is 0 Å². The molecule has 0 N–H and O–H groups in total. The van der Waals surface area contributed by atoms with Gasteiger partial charge in [0.2, 0.25) is 0 Å². The van der Waals surface area contributed by atoms with E-state index < -0.39 is 7.92 Å². The maximum atomic E-state index is 10.9. The van der Waals surface area contributed by atoms with Crippen molar-refractivity contribution in [1.82, 2.24) is 0 Å². The summed E-state index contributed by atoms with van der Waals surface area (Å²) in [5, 5.41) is 2.59. The fourth-order valence-electron chi connectivity index (χ4n) is 1.97. The van der Waals surface area contributed by atoms with Gasteiger partial charge in [0.05, 0.1) is 12.5 Å². The van der Waals surface area contributed by atoms with Crippen molar-refractivity contribution in [2.24, 2.45) is 5.92 Å². The molecule has 3 heteroatoms. The fraction of sp³-hybridized carbons (Fsp3) is 0.278. The van der Waals surface area contributed by atoms with Crippen molar-refractivity contribution in [2.45, 2.75) is 20.0 Å². The fourth-order valence-corrected chi connectivity index (χ4v) is 4.01. The topological polar surface area (TPSA) is 26.3 Å². The van der Waals surface area contributed by atoms with Crippen LogP contribution in [0.5, 0.6) is 0 Å². The van der Waals surface area contributed by atoms with Crippen molar-refractivity contribution in [3.8, 4) is 0 Å². The summed E-state index contributed by atoms with van der Waals surface area (Å²) in [5.74, 6) is -0.0756. The Bertz CT molecular complexity index is 502. The van der Waals surface area contributed by atoms with Crippen molar-refractivity contribution in [3.63, 3.8) is 0 Å². The number of hydrogen-bond donors (Lipinski definition) is 0. The first kappa shape index (κ1) is 15.9. The normalized spacial score (nSPS) is 13.9. The van der Waals surface area contributed by atoms with E-state index in [0.29, 0.717) is 6.35 Å². The summed E-state index contributed by atoms with van der Waals surface area (Å²) < 4.78 is 5.96. The summed E-state index contributed by atoms with van der Waals surface area (Å²) in [4.78, 5) is 10.9. The average molecular weight is 300 g/mol. The standard InChI is InChI=1S/C18H21O2P/c1-15(13-19)16(2)20-14-21(17-9-5-3-6-10-17)18-11-7-4-8-12-18/h3-13,15-16H,14H2,1-2H3. The van der Waals surface area contributed by atoms with Gasteiger partial charge < -0.3 is 9.53 Å². The second-order valence-corrected chi connectivity index (χ2v) is 7.24. The van der Waals surface area contributed by atoms with E-state index in [1.54, 1.807) is 0 Å². The third-order valence-electron chi connectivity index (χ3n) is 3.56. The molecule has 0 saturated heterocycles. The highest BCUT2D eigenvalue weighted by atomic mass is 31.1. The van der Waals surface area contributed by atoms with Gasteiger partial charge in [0.1, 0.15) is 6.29 Å². The number of carbonyl (C=O) groups excluding carboxylic acids is 1. The SMILES string of the molecule is CC(C=O)C(C)OCP(c1ccccc1)c1ccccc1. The maximum Gasteiger partial charge on any atom is 0.125 e. The third-order valence-corrected chi connectivity index (χ3v) is 5.81. The molecule has 110 valence electrons. The van der Waals surface area contributed by atoms with E-state index >= 15 is 0 Å². The molecule has 2 atom stereocenters. The zero-order chi connectivity index (χ0) is 15.1. The minimum atomic E-state index is -0.551. The maximum absolute atomic E-state index is 10.9. The highest BCUT2D eigenvalue weighted by molar-refractivity contribution is 7.72. The molecule has 21 heavy (non-hydrogen) atoms. The van der Waals surface area contributed by atoms with Crippen LogP contribution in [0.2, 0.25) is 0 Å². The molecular weight excluding hydrogens is 279 g/mol. The number of carbonyl (C=O) groups is 1. The minimum absolute atomic E-state index is 0.0556. The molecule has 0 spiro atoms. The Kier molecular flexibility index (Phi) is 6.10. The van der Waals surface area contributed by atoms with E-state index in [1.165, 1.54) is 10.6 Å². The molecule has 0 aliphatic rings. The predicted molar refractivity (Wildman–Crippen MR) is 89.7 cm³/mol. The number of aldehydes is 1. The second-order valence-electron chi connectivity index (χ2n) is 5.10. The van der Waals surface area contributed by atoms with Gasteiger partial charge in [0.15, 0.2) is 0 Å². The van der Waals surface area contributed by atoms with Gasteiger partial charge in [-0.25, -0.2) is 0 Å². The first-order chi connectivity index (χ1) is 10.2. The molecule has 0 fully saturated rings. The minimum Gasteiger partial charge on any atom is -0.373 e. The van der Waals surface area contributed by atoms with E-state index in [0.717, 1.165) is 6.29 Å². The highest BCUT2D eigenvalue weighted by Crippen LogP contribution is 2.34. The predicted octanol–water partition coefficient (Wildman–Crippen LogP) is 3.32. The lowest BCUT2D eigenvalue weighted by Crippen LogP contribution is -2.23. The van der Waals surface area contributed by atoms with Crippen LogP contribution in [0.4, 0.5) is 0 Å². The molecule has 0 aliphatic carbocycles. The Hall–Kier alpha value is -1.50. The average Bonchev–Trinajstić information content (AvgIpc) is 2.56. The molecule has 0 saturated carbocycles. The molecule has 0 aliphatic heterocycles. The molecule has 0 heterocycles. The zero-order valence-electron chi connectivity index (χ0n) is 12.5. The first-order valence-corrected chi connectivity index (χ1v) is 8.69. The Balaban J connectivity index is 2.16. The van der Waals surface area contributed by atoms with Crippen molar-refractivity contribution < 1.29 is 9.53 Å². The molecular formula is C18H21O2P. The van der Waals surface area contributed by atoms with E-state index in [9.17, 15) is 4.79 Å². The molecule has 0 aromatic heterocycles. The Morgan fingerprint density at radius 1 is 0.952 bits per heavy atom. The van der Waals surface area contributed by atoms with E-state index in [-0.39, 0.29) is 12.0 Å². The molecule has 2 unspecified atom stereocenters. The number of benzene rings is 2. The number of hydrogen-bond acceptors (Lipinski definition) is 2. The lowest BCUT2D eigenvalue weighted by atomic mass is 10.1. The van der Waals surface area contributed by atoms with Crippen molar-refractivity contribution in [2.75, 3.05) is 6.35 Å². The monoisotopic (exact) mass is 300 g/mol. The van der Waals surface area contributed by atoms with Gasteiger partial charge in [0, 0.05) is 5.92 Å². The summed E-state index contributed by atoms with van der Waals surface area (Å²) in [6, 6.07) is 20.9. The molecule has 0 bridgehead atoms.